The zero-order chi connectivity index (χ0) is 12.8. The molecule has 1 aromatic carbocycles. The number of ketones is 1. The first-order chi connectivity index (χ1) is 7.83. The van der Waals surface area contributed by atoms with Gasteiger partial charge in [-0.25, -0.2) is 0 Å². The maximum absolute atomic E-state index is 12.1. The van der Waals surface area contributed by atoms with E-state index in [-0.39, 0.29) is 5.78 Å². The monoisotopic (exact) mass is 272 g/mol. The van der Waals surface area contributed by atoms with Gasteiger partial charge in [0.1, 0.15) is 5.92 Å². The fourth-order valence-electron chi connectivity index (χ4n) is 1.82. The lowest BCUT2D eigenvalue weighted by Crippen LogP contribution is -2.29. The number of hydrogen-bond acceptors (Lipinski definition) is 3. The highest BCUT2D eigenvalue weighted by atomic mass is 35.5. The van der Waals surface area contributed by atoms with E-state index in [0.717, 1.165) is 0 Å². The topological polar surface area (TPSA) is 43.4 Å². The molecule has 1 aliphatic heterocycles. The molecule has 1 aliphatic rings. The molecule has 0 aromatic heterocycles. The molecular weight excluding hydrogens is 263 g/mol. The molecule has 0 spiro atoms. The SMILES string of the molecule is CC1(C)OC(=O)C(c2cc(Cl)ccc2Cl)C1=O. The Morgan fingerprint density at radius 3 is 2.41 bits per heavy atom. The largest absolute Gasteiger partial charge is 0.451 e. The van der Waals surface area contributed by atoms with Gasteiger partial charge >= 0.3 is 5.97 Å². The van der Waals surface area contributed by atoms with E-state index in [4.69, 9.17) is 27.9 Å². The van der Waals surface area contributed by atoms with Gasteiger partial charge in [-0.3, -0.25) is 9.59 Å². The average Bonchev–Trinajstić information content (AvgIpc) is 2.41. The predicted molar refractivity (Wildman–Crippen MR) is 64.4 cm³/mol. The van der Waals surface area contributed by atoms with Crippen molar-refractivity contribution < 1.29 is 14.3 Å². The molecule has 0 saturated carbocycles. The van der Waals surface area contributed by atoms with E-state index in [2.05, 4.69) is 0 Å². The normalized spacial score (nSPS) is 22.7. The van der Waals surface area contributed by atoms with Crippen LogP contribution in [0.1, 0.15) is 25.3 Å². The van der Waals surface area contributed by atoms with Gasteiger partial charge in [-0.05, 0) is 37.6 Å². The van der Waals surface area contributed by atoms with Crippen LogP contribution in [0, 0.1) is 0 Å². The van der Waals surface area contributed by atoms with E-state index in [1.54, 1.807) is 26.0 Å². The molecule has 1 heterocycles. The molecule has 2 rings (SSSR count). The highest BCUT2D eigenvalue weighted by Gasteiger charge is 2.50. The third kappa shape index (κ3) is 2.05. The second kappa shape index (κ2) is 4.00. The highest BCUT2D eigenvalue weighted by Crippen LogP contribution is 2.37. The lowest BCUT2D eigenvalue weighted by atomic mass is 9.90. The van der Waals surface area contributed by atoms with Gasteiger partial charge in [0.15, 0.2) is 11.4 Å². The van der Waals surface area contributed by atoms with Gasteiger partial charge in [-0.2, -0.15) is 0 Å². The average molecular weight is 273 g/mol. The van der Waals surface area contributed by atoms with Crippen LogP contribution in [0.15, 0.2) is 18.2 Å². The maximum atomic E-state index is 12.1. The first-order valence-electron chi connectivity index (χ1n) is 5.05. The van der Waals surface area contributed by atoms with Crippen molar-refractivity contribution in [2.45, 2.75) is 25.4 Å². The summed E-state index contributed by atoms with van der Waals surface area (Å²) in [4.78, 5) is 23.8. The van der Waals surface area contributed by atoms with E-state index < -0.39 is 17.5 Å². The Labute approximate surface area is 109 Å². The van der Waals surface area contributed by atoms with Crippen LogP contribution < -0.4 is 0 Å². The van der Waals surface area contributed by atoms with Crippen LogP contribution in [0.5, 0.6) is 0 Å². The number of carbonyl (C=O) groups is 2. The summed E-state index contributed by atoms with van der Waals surface area (Å²) < 4.78 is 5.03. The van der Waals surface area contributed by atoms with Crippen LogP contribution in [-0.2, 0) is 14.3 Å². The molecule has 1 saturated heterocycles. The van der Waals surface area contributed by atoms with Crippen molar-refractivity contribution in [3.63, 3.8) is 0 Å². The number of benzene rings is 1. The lowest BCUT2D eigenvalue weighted by Gasteiger charge is -2.13. The van der Waals surface area contributed by atoms with Crippen LogP contribution in [0.3, 0.4) is 0 Å². The van der Waals surface area contributed by atoms with E-state index in [1.807, 2.05) is 0 Å². The Bertz CT molecular complexity index is 508. The van der Waals surface area contributed by atoms with Gasteiger partial charge in [-0.15, -0.1) is 0 Å². The number of halogens is 2. The number of esters is 1. The molecule has 1 fully saturated rings. The zero-order valence-electron chi connectivity index (χ0n) is 9.29. The third-order valence-corrected chi connectivity index (χ3v) is 3.30. The Hall–Kier alpha value is -1.06. The van der Waals surface area contributed by atoms with Crippen LogP contribution in [-0.4, -0.2) is 17.4 Å². The summed E-state index contributed by atoms with van der Waals surface area (Å²) in [5.41, 5.74) is -0.701. The summed E-state index contributed by atoms with van der Waals surface area (Å²) in [5, 5.41) is 0.761. The summed E-state index contributed by atoms with van der Waals surface area (Å²) in [6.07, 6.45) is 0. The van der Waals surface area contributed by atoms with E-state index in [9.17, 15) is 9.59 Å². The van der Waals surface area contributed by atoms with Crippen LogP contribution in [0.25, 0.3) is 0 Å². The standard InChI is InChI=1S/C12H10Cl2O3/c1-12(2)10(15)9(11(16)17-12)7-5-6(13)3-4-8(7)14/h3-5,9H,1-2H3. The molecule has 17 heavy (non-hydrogen) atoms. The maximum Gasteiger partial charge on any atom is 0.322 e. The third-order valence-electron chi connectivity index (χ3n) is 2.72. The molecule has 5 heteroatoms. The summed E-state index contributed by atoms with van der Waals surface area (Å²) in [6.45, 7) is 3.12. The molecule has 0 N–H and O–H groups in total. The molecule has 90 valence electrons. The van der Waals surface area contributed by atoms with Gasteiger partial charge in [0.05, 0.1) is 0 Å². The molecule has 0 aliphatic carbocycles. The number of hydrogen-bond donors (Lipinski definition) is 0. The Morgan fingerprint density at radius 2 is 1.88 bits per heavy atom. The van der Waals surface area contributed by atoms with Gasteiger partial charge in [0.2, 0.25) is 0 Å². The summed E-state index contributed by atoms with van der Waals surface area (Å²) in [7, 11) is 0. The van der Waals surface area contributed by atoms with E-state index >= 15 is 0 Å². The van der Waals surface area contributed by atoms with E-state index in [0.29, 0.717) is 15.6 Å². The number of Topliss-reactive ketones (excluding diaryl/α,β-unsaturated/α-hetero) is 1. The number of cyclic esters (lactones) is 1. The van der Waals surface area contributed by atoms with Crippen molar-refractivity contribution in [3.8, 4) is 0 Å². The molecule has 0 bridgehead atoms. The molecule has 1 unspecified atom stereocenters. The van der Waals surface area contributed by atoms with Gasteiger partial charge in [-0.1, -0.05) is 23.2 Å². The predicted octanol–water partition coefficient (Wildman–Crippen LogP) is 2.98. The van der Waals surface area contributed by atoms with Crippen molar-refractivity contribution in [2.75, 3.05) is 0 Å². The number of carbonyl (C=O) groups excluding carboxylic acids is 2. The second-order valence-corrected chi connectivity index (χ2v) is 5.24. The van der Waals surface area contributed by atoms with Crippen LogP contribution in [0.2, 0.25) is 10.0 Å². The first-order valence-corrected chi connectivity index (χ1v) is 5.80. The van der Waals surface area contributed by atoms with Gasteiger partial charge < -0.3 is 4.74 Å². The fraction of sp³-hybridized carbons (Fsp3) is 0.333. The van der Waals surface area contributed by atoms with Crippen molar-refractivity contribution in [1.82, 2.24) is 0 Å². The van der Waals surface area contributed by atoms with E-state index in [1.165, 1.54) is 6.07 Å². The molecular formula is C12H10Cl2O3. The smallest absolute Gasteiger partial charge is 0.322 e. The van der Waals surface area contributed by atoms with Crippen molar-refractivity contribution >= 4 is 35.0 Å². The highest BCUT2D eigenvalue weighted by molar-refractivity contribution is 6.34. The van der Waals surface area contributed by atoms with Crippen molar-refractivity contribution in [1.29, 1.82) is 0 Å². The Balaban J connectivity index is 2.51. The molecule has 0 radical (unpaired) electrons. The molecule has 1 atom stereocenters. The minimum absolute atomic E-state index is 0.299. The minimum atomic E-state index is -1.10. The van der Waals surface area contributed by atoms with Crippen LogP contribution >= 0.6 is 23.2 Å². The van der Waals surface area contributed by atoms with Crippen molar-refractivity contribution in [3.05, 3.63) is 33.8 Å². The summed E-state index contributed by atoms with van der Waals surface area (Å²) in [6, 6.07) is 4.68. The first kappa shape index (κ1) is 12.4. The second-order valence-electron chi connectivity index (χ2n) is 4.39. The molecule has 0 amide bonds. The zero-order valence-corrected chi connectivity index (χ0v) is 10.8. The van der Waals surface area contributed by atoms with Gasteiger partial charge in [0, 0.05) is 10.0 Å². The summed E-state index contributed by atoms with van der Waals surface area (Å²) in [5.74, 6) is -1.85. The molecule has 1 aromatic rings. The Kier molecular flexibility index (Phi) is 2.92. The van der Waals surface area contributed by atoms with Crippen molar-refractivity contribution in [2.24, 2.45) is 0 Å². The van der Waals surface area contributed by atoms with Gasteiger partial charge in [0.25, 0.3) is 0 Å². The molecule has 3 nitrogen and oxygen atoms in total. The summed E-state index contributed by atoms with van der Waals surface area (Å²) >= 11 is 11.8. The fourth-order valence-corrected chi connectivity index (χ4v) is 2.23. The number of ether oxygens (including phenoxy) is 1. The number of rotatable bonds is 1. The minimum Gasteiger partial charge on any atom is -0.451 e. The lowest BCUT2D eigenvalue weighted by molar-refractivity contribution is -0.148. The Morgan fingerprint density at radius 1 is 1.24 bits per heavy atom. The van der Waals surface area contributed by atoms with Crippen LogP contribution in [0.4, 0.5) is 0 Å². The quantitative estimate of drug-likeness (QED) is 0.583.